The Bertz CT molecular complexity index is 699. The first-order chi connectivity index (χ1) is 10.7. The van der Waals surface area contributed by atoms with Gasteiger partial charge in [0.15, 0.2) is 0 Å². The van der Waals surface area contributed by atoms with Crippen LogP contribution in [0.15, 0.2) is 48.5 Å². The molecule has 0 heterocycles. The van der Waals surface area contributed by atoms with Gasteiger partial charge in [-0.15, -0.1) is 0 Å². The molecule has 3 nitrogen and oxygen atoms in total. The first-order valence-electron chi connectivity index (χ1n) is 6.95. The lowest BCUT2D eigenvalue weighted by atomic mass is 10.2. The highest BCUT2D eigenvalue weighted by Crippen LogP contribution is 2.11. The van der Waals surface area contributed by atoms with Crippen LogP contribution in [0.3, 0.4) is 0 Å². The maximum Gasteiger partial charge on any atom is 0.252 e. The molecule has 4 heteroatoms. The van der Waals surface area contributed by atoms with Gasteiger partial charge in [0, 0.05) is 5.56 Å². The summed E-state index contributed by atoms with van der Waals surface area (Å²) in [5.74, 6) is 5.54. The Balaban J connectivity index is 1.89. The van der Waals surface area contributed by atoms with Gasteiger partial charge >= 0.3 is 0 Å². The highest BCUT2D eigenvalue weighted by molar-refractivity contribution is 5.94. The molecule has 0 atom stereocenters. The third-order valence-corrected chi connectivity index (χ3v) is 2.86. The summed E-state index contributed by atoms with van der Waals surface area (Å²) in [5, 5.41) is 2.66. The van der Waals surface area contributed by atoms with Crippen molar-refractivity contribution in [2.75, 3.05) is 13.2 Å². The van der Waals surface area contributed by atoms with E-state index in [9.17, 15) is 9.18 Å². The standard InChI is InChI=1S/C18H16FNO2/c1-2-22-16-11-9-15(10-12-16)18(21)20-13-5-7-14-6-3-4-8-17(14)19/h3-4,6,8-12H,2,13H2,1H3,(H,20,21). The van der Waals surface area contributed by atoms with E-state index in [1.165, 1.54) is 6.07 Å². The fraction of sp³-hybridized carbons (Fsp3) is 0.167. The second-order valence-electron chi connectivity index (χ2n) is 4.42. The second-order valence-corrected chi connectivity index (χ2v) is 4.42. The van der Waals surface area contributed by atoms with Crippen molar-refractivity contribution >= 4 is 5.91 Å². The molecule has 1 amide bonds. The van der Waals surface area contributed by atoms with Crippen molar-refractivity contribution in [1.29, 1.82) is 0 Å². The lowest BCUT2D eigenvalue weighted by Gasteiger charge is -2.04. The van der Waals surface area contributed by atoms with Crippen LogP contribution in [0.25, 0.3) is 0 Å². The van der Waals surface area contributed by atoms with Gasteiger partial charge in [0.25, 0.3) is 5.91 Å². The monoisotopic (exact) mass is 297 g/mol. The predicted molar refractivity (Wildman–Crippen MR) is 83.2 cm³/mol. The summed E-state index contributed by atoms with van der Waals surface area (Å²) in [6.07, 6.45) is 0. The van der Waals surface area contributed by atoms with Crippen LogP contribution in [0.2, 0.25) is 0 Å². The van der Waals surface area contributed by atoms with E-state index in [0.29, 0.717) is 17.7 Å². The number of carbonyl (C=O) groups excluding carboxylic acids is 1. The van der Waals surface area contributed by atoms with Crippen molar-refractivity contribution in [3.8, 4) is 17.6 Å². The normalized spacial score (nSPS) is 9.55. The molecule has 0 bridgehead atoms. The molecule has 2 aromatic rings. The molecule has 0 aromatic heterocycles. The molecule has 2 rings (SSSR count). The van der Waals surface area contributed by atoms with Crippen molar-refractivity contribution < 1.29 is 13.9 Å². The Kier molecular flexibility index (Phi) is 5.56. The molecule has 0 saturated carbocycles. The molecule has 0 radical (unpaired) electrons. The number of halogens is 1. The summed E-state index contributed by atoms with van der Waals surface area (Å²) in [6.45, 7) is 2.63. The van der Waals surface area contributed by atoms with E-state index in [-0.39, 0.29) is 18.3 Å². The van der Waals surface area contributed by atoms with E-state index in [0.717, 1.165) is 5.75 Å². The lowest BCUT2D eigenvalue weighted by molar-refractivity contribution is 0.0958. The summed E-state index contributed by atoms with van der Waals surface area (Å²) >= 11 is 0. The first kappa shape index (κ1) is 15.6. The predicted octanol–water partition coefficient (Wildman–Crippen LogP) is 3.01. The minimum Gasteiger partial charge on any atom is -0.494 e. The average Bonchev–Trinajstić information content (AvgIpc) is 2.54. The van der Waals surface area contributed by atoms with E-state index >= 15 is 0 Å². The van der Waals surface area contributed by atoms with Gasteiger partial charge in [0.1, 0.15) is 11.6 Å². The van der Waals surface area contributed by atoms with Gasteiger partial charge in [-0.25, -0.2) is 4.39 Å². The fourth-order valence-electron chi connectivity index (χ4n) is 1.80. The van der Waals surface area contributed by atoms with Gasteiger partial charge in [-0.1, -0.05) is 24.0 Å². The maximum atomic E-state index is 13.3. The van der Waals surface area contributed by atoms with Crippen LogP contribution in [0, 0.1) is 17.7 Å². The number of ether oxygens (including phenoxy) is 1. The number of hydrogen-bond acceptors (Lipinski definition) is 2. The quantitative estimate of drug-likeness (QED) is 0.881. The second kappa shape index (κ2) is 7.84. The molecular formula is C18H16FNO2. The number of hydrogen-bond donors (Lipinski definition) is 1. The van der Waals surface area contributed by atoms with Gasteiger partial charge in [0.2, 0.25) is 0 Å². The number of rotatable bonds is 4. The van der Waals surface area contributed by atoms with Crippen LogP contribution >= 0.6 is 0 Å². The SMILES string of the molecule is CCOc1ccc(C(=O)NCC#Cc2ccccc2F)cc1. The van der Waals surface area contributed by atoms with Gasteiger partial charge in [0.05, 0.1) is 18.7 Å². The molecule has 0 spiro atoms. The largest absolute Gasteiger partial charge is 0.494 e. The number of carbonyl (C=O) groups is 1. The number of benzene rings is 2. The van der Waals surface area contributed by atoms with E-state index in [1.54, 1.807) is 42.5 Å². The summed E-state index contributed by atoms with van der Waals surface area (Å²) < 4.78 is 18.6. The maximum absolute atomic E-state index is 13.3. The first-order valence-corrected chi connectivity index (χ1v) is 6.95. The molecule has 1 N–H and O–H groups in total. The van der Waals surface area contributed by atoms with Crippen molar-refractivity contribution in [3.63, 3.8) is 0 Å². The Hall–Kier alpha value is -2.80. The van der Waals surface area contributed by atoms with E-state index in [1.807, 2.05) is 6.92 Å². The van der Waals surface area contributed by atoms with Crippen molar-refractivity contribution in [1.82, 2.24) is 5.32 Å². The van der Waals surface area contributed by atoms with Crippen LogP contribution in [-0.4, -0.2) is 19.1 Å². The van der Waals surface area contributed by atoms with Crippen molar-refractivity contribution in [2.45, 2.75) is 6.92 Å². The molecule has 0 aliphatic heterocycles. The molecule has 112 valence electrons. The molecule has 0 fully saturated rings. The Morgan fingerprint density at radius 3 is 2.59 bits per heavy atom. The average molecular weight is 297 g/mol. The van der Waals surface area contributed by atoms with Gasteiger partial charge < -0.3 is 10.1 Å². The smallest absolute Gasteiger partial charge is 0.252 e. The van der Waals surface area contributed by atoms with E-state index < -0.39 is 0 Å². The molecule has 0 unspecified atom stereocenters. The molecule has 0 aliphatic carbocycles. The Labute approximate surface area is 129 Å². The molecular weight excluding hydrogens is 281 g/mol. The van der Waals surface area contributed by atoms with Crippen molar-refractivity contribution in [2.24, 2.45) is 0 Å². The summed E-state index contributed by atoms with van der Waals surface area (Å²) in [4.78, 5) is 11.9. The van der Waals surface area contributed by atoms with Gasteiger partial charge in [-0.3, -0.25) is 4.79 Å². The third kappa shape index (κ3) is 4.35. The van der Waals surface area contributed by atoms with Gasteiger partial charge in [-0.05, 0) is 43.3 Å². The van der Waals surface area contributed by atoms with Crippen LogP contribution in [0.1, 0.15) is 22.8 Å². The van der Waals surface area contributed by atoms with Crippen LogP contribution in [0.4, 0.5) is 4.39 Å². The highest BCUT2D eigenvalue weighted by Gasteiger charge is 2.04. The zero-order valence-electron chi connectivity index (χ0n) is 12.2. The van der Waals surface area contributed by atoms with Crippen LogP contribution in [-0.2, 0) is 0 Å². The highest BCUT2D eigenvalue weighted by atomic mass is 19.1. The van der Waals surface area contributed by atoms with Gasteiger partial charge in [-0.2, -0.15) is 0 Å². The number of amides is 1. The summed E-state index contributed by atoms with van der Waals surface area (Å²) in [6, 6.07) is 13.1. The molecule has 0 saturated heterocycles. The fourth-order valence-corrected chi connectivity index (χ4v) is 1.80. The Morgan fingerprint density at radius 1 is 1.18 bits per heavy atom. The minimum atomic E-state index is -0.368. The zero-order valence-corrected chi connectivity index (χ0v) is 12.2. The zero-order chi connectivity index (χ0) is 15.8. The number of nitrogens with one attached hydrogen (secondary N) is 1. The lowest BCUT2D eigenvalue weighted by Crippen LogP contribution is -2.23. The minimum absolute atomic E-state index is 0.153. The van der Waals surface area contributed by atoms with E-state index in [2.05, 4.69) is 17.2 Å². The molecule has 22 heavy (non-hydrogen) atoms. The molecule has 0 aliphatic rings. The third-order valence-electron chi connectivity index (χ3n) is 2.86. The topological polar surface area (TPSA) is 38.3 Å². The van der Waals surface area contributed by atoms with Crippen LogP contribution < -0.4 is 10.1 Å². The summed E-state index contributed by atoms with van der Waals surface area (Å²) in [7, 11) is 0. The van der Waals surface area contributed by atoms with Crippen LogP contribution in [0.5, 0.6) is 5.75 Å². The summed E-state index contributed by atoms with van der Waals surface area (Å²) in [5.41, 5.74) is 0.842. The van der Waals surface area contributed by atoms with E-state index in [4.69, 9.17) is 4.74 Å². The molecule has 2 aromatic carbocycles. The Morgan fingerprint density at radius 2 is 1.91 bits per heavy atom. The van der Waals surface area contributed by atoms with Crippen molar-refractivity contribution in [3.05, 3.63) is 65.5 Å².